The lowest BCUT2D eigenvalue weighted by molar-refractivity contribution is -0.385. The van der Waals surface area contributed by atoms with Gasteiger partial charge in [0.2, 0.25) is 10.0 Å². The van der Waals surface area contributed by atoms with Crippen molar-refractivity contribution in [2.75, 3.05) is 6.54 Å². The van der Waals surface area contributed by atoms with Gasteiger partial charge < -0.3 is 0 Å². The van der Waals surface area contributed by atoms with Gasteiger partial charge in [0.1, 0.15) is 0 Å². The predicted octanol–water partition coefficient (Wildman–Crippen LogP) is 2.86. The lowest BCUT2D eigenvalue weighted by atomic mass is 10.0. The Morgan fingerprint density at radius 2 is 2.10 bits per heavy atom. The van der Waals surface area contributed by atoms with Gasteiger partial charge in [-0.05, 0) is 31.7 Å². The van der Waals surface area contributed by atoms with Gasteiger partial charge in [-0.2, -0.15) is 4.31 Å². The lowest BCUT2D eigenvalue weighted by Gasteiger charge is -2.34. The van der Waals surface area contributed by atoms with Gasteiger partial charge in [-0.25, -0.2) is 8.42 Å². The SMILES string of the molecule is CCC1CCCCN1S(=O)(=O)c1cc([N+](=O)[O-])ccc1C. The van der Waals surface area contributed by atoms with Gasteiger partial charge in [-0.3, -0.25) is 10.1 Å². The number of nitrogens with zero attached hydrogens (tertiary/aromatic N) is 2. The Morgan fingerprint density at radius 3 is 2.71 bits per heavy atom. The fourth-order valence-corrected chi connectivity index (χ4v) is 4.82. The molecule has 1 fully saturated rings. The number of piperidine rings is 1. The van der Waals surface area contributed by atoms with Crippen molar-refractivity contribution in [2.24, 2.45) is 0 Å². The van der Waals surface area contributed by atoms with Gasteiger partial charge in [0.15, 0.2) is 0 Å². The van der Waals surface area contributed by atoms with Crippen LogP contribution in [0.1, 0.15) is 38.2 Å². The molecule has 0 aromatic heterocycles. The molecule has 0 radical (unpaired) electrons. The van der Waals surface area contributed by atoms with E-state index in [2.05, 4.69) is 0 Å². The van der Waals surface area contributed by atoms with Gasteiger partial charge in [0, 0.05) is 24.7 Å². The molecule has 2 rings (SSSR count). The van der Waals surface area contributed by atoms with Crippen LogP contribution in [0, 0.1) is 17.0 Å². The molecular formula is C14H20N2O4S. The molecule has 1 saturated heterocycles. The number of hydrogen-bond donors (Lipinski definition) is 0. The Kier molecular flexibility index (Phi) is 4.63. The van der Waals surface area contributed by atoms with E-state index in [1.165, 1.54) is 22.5 Å². The molecule has 7 heteroatoms. The van der Waals surface area contributed by atoms with E-state index in [-0.39, 0.29) is 16.6 Å². The van der Waals surface area contributed by atoms with Gasteiger partial charge in [-0.1, -0.05) is 19.4 Å². The normalized spacial score (nSPS) is 20.4. The van der Waals surface area contributed by atoms with Crippen molar-refractivity contribution in [1.82, 2.24) is 4.31 Å². The number of aryl methyl sites for hydroxylation is 1. The van der Waals surface area contributed by atoms with Crippen LogP contribution in [0.15, 0.2) is 23.1 Å². The van der Waals surface area contributed by atoms with Crippen LogP contribution < -0.4 is 0 Å². The molecule has 1 aliphatic heterocycles. The Hall–Kier alpha value is -1.47. The molecule has 1 aromatic rings. The Morgan fingerprint density at radius 1 is 1.38 bits per heavy atom. The summed E-state index contributed by atoms with van der Waals surface area (Å²) in [7, 11) is -3.68. The number of non-ortho nitro benzene ring substituents is 1. The topological polar surface area (TPSA) is 80.5 Å². The predicted molar refractivity (Wildman–Crippen MR) is 79.7 cm³/mol. The van der Waals surface area contributed by atoms with E-state index in [0.717, 1.165) is 25.7 Å². The van der Waals surface area contributed by atoms with Gasteiger partial charge in [0.05, 0.1) is 9.82 Å². The molecule has 1 aromatic carbocycles. The number of sulfonamides is 1. The first-order valence-electron chi connectivity index (χ1n) is 7.14. The summed E-state index contributed by atoms with van der Waals surface area (Å²) in [6, 6.07) is 3.99. The third-order valence-corrected chi connectivity index (χ3v) is 6.11. The number of nitro groups is 1. The van der Waals surface area contributed by atoms with E-state index in [9.17, 15) is 18.5 Å². The quantitative estimate of drug-likeness (QED) is 0.632. The second-order valence-electron chi connectivity index (χ2n) is 5.38. The molecule has 21 heavy (non-hydrogen) atoms. The zero-order valence-electron chi connectivity index (χ0n) is 12.3. The van der Waals surface area contributed by atoms with Crippen LogP contribution in [0.4, 0.5) is 5.69 Å². The van der Waals surface area contributed by atoms with Crippen molar-refractivity contribution in [1.29, 1.82) is 0 Å². The highest BCUT2D eigenvalue weighted by atomic mass is 32.2. The molecule has 0 bridgehead atoms. The van der Waals surface area contributed by atoms with Crippen molar-refractivity contribution in [2.45, 2.75) is 50.5 Å². The molecule has 0 amide bonds. The van der Waals surface area contributed by atoms with E-state index in [4.69, 9.17) is 0 Å². The molecule has 1 heterocycles. The number of rotatable bonds is 4. The minimum absolute atomic E-state index is 0.0117. The molecule has 0 N–H and O–H groups in total. The largest absolute Gasteiger partial charge is 0.270 e. The van der Waals surface area contributed by atoms with Gasteiger partial charge in [0.25, 0.3) is 5.69 Å². The van der Waals surface area contributed by atoms with E-state index >= 15 is 0 Å². The Labute approximate surface area is 125 Å². The van der Waals surface area contributed by atoms with E-state index in [0.29, 0.717) is 12.1 Å². The molecule has 6 nitrogen and oxygen atoms in total. The molecule has 116 valence electrons. The summed E-state index contributed by atoms with van der Waals surface area (Å²) in [5.74, 6) is 0. The van der Waals surface area contributed by atoms with E-state index in [1.54, 1.807) is 6.92 Å². The van der Waals surface area contributed by atoms with E-state index in [1.807, 2.05) is 6.92 Å². The highest BCUT2D eigenvalue weighted by Crippen LogP contribution is 2.30. The van der Waals surface area contributed by atoms with Gasteiger partial charge >= 0.3 is 0 Å². The standard InChI is InChI=1S/C14H20N2O4S/c1-3-12-6-4-5-9-15(12)21(19,20)14-10-13(16(17)18)8-7-11(14)2/h7-8,10,12H,3-6,9H2,1-2H3. The lowest BCUT2D eigenvalue weighted by Crippen LogP contribution is -2.43. The summed E-state index contributed by atoms with van der Waals surface area (Å²) in [5, 5.41) is 10.9. The zero-order valence-corrected chi connectivity index (χ0v) is 13.1. The van der Waals surface area contributed by atoms with Crippen LogP contribution in [0.5, 0.6) is 0 Å². The molecular weight excluding hydrogens is 292 g/mol. The maximum atomic E-state index is 12.9. The maximum absolute atomic E-state index is 12.9. The molecule has 1 aliphatic rings. The van der Waals surface area contributed by atoms with Gasteiger partial charge in [-0.15, -0.1) is 0 Å². The number of benzene rings is 1. The summed E-state index contributed by atoms with van der Waals surface area (Å²) in [5.41, 5.74) is 0.352. The average molecular weight is 312 g/mol. The second kappa shape index (κ2) is 6.11. The van der Waals surface area contributed by atoms with Crippen molar-refractivity contribution < 1.29 is 13.3 Å². The van der Waals surface area contributed by atoms with Crippen molar-refractivity contribution in [3.05, 3.63) is 33.9 Å². The van der Waals surface area contributed by atoms with Crippen LogP contribution in [0.3, 0.4) is 0 Å². The third kappa shape index (κ3) is 3.08. The summed E-state index contributed by atoms with van der Waals surface area (Å²) in [4.78, 5) is 10.4. The maximum Gasteiger partial charge on any atom is 0.270 e. The molecule has 1 atom stereocenters. The minimum atomic E-state index is -3.68. The summed E-state index contributed by atoms with van der Waals surface area (Å²) >= 11 is 0. The highest BCUT2D eigenvalue weighted by Gasteiger charge is 2.34. The zero-order chi connectivity index (χ0) is 15.6. The summed E-state index contributed by atoms with van der Waals surface area (Å²) in [6.07, 6.45) is 3.47. The van der Waals surface area contributed by atoms with Crippen molar-refractivity contribution in [3.8, 4) is 0 Å². The van der Waals surface area contributed by atoms with E-state index < -0.39 is 14.9 Å². The molecule has 1 unspecified atom stereocenters. The monoisotopic (exact) mass is 312 g/mol. The van der Waals surface area contributed by atoms with Crippen LogP contribution in [0.2, 0.25) is 0 Å². The first kappa shape index (κ1) is 15.9. The number of nitro benzene ring substituents is 1. The molecule has 0 aliphatic carbocycles. The van der Waals surface area contributed by atoms with Crippen LogP contribution in [-0.4, -0.2) is 30.2 Å². The summed E-state index contributed by atoms with van der Waals surface area (Å²) in [6.45, 7) is 4.13. The first-order chi connectivity index (χ1) is 9.87. The molecule has 0 spiro atoms. The fraction of sp³-hybridized carbons (Fsp3) is 0.571. The summed E-state index contributed by atoms with van der Waals surface area (Å²) < 4.78 is 27.2. The third-order valence-electron chi connectivity index (χ3n) is 4.01. The fourth-order valence-electron chi connectivity index (χ4n) is 2.80. The van der Waals surface area contributed by atoms with Crippen LogP contribution >= 0.6 is 0 Å². The smallest absolute Gasteiger partial charge is 0.258 e. The first-order valence-corrected chi connectivity index (χ1v) is 8.58. The number of hydrogen-bond acceptors (Lipinski definition) is 4. The van der Waals surface area contributed by atoms with Crippen LogP contribution in [0.25, 0.3) is 0 Å². The Bertz CT molecular complexity index is 642. The minimum Gasteiger partial charge on any atom is -0.258 e. The average Bonchev–Trinajstić information content (AvgIpc) is 2.47. The Balaban J connectivity index is 2.47. The second-order valence-corrected chi connectivity index (χ2v) is 7.24. The van der Waals surface area contributed by atoms with Crippen molar-refractivity contribution >= 4 is 15.7 Å². The highest BCUT2D eigenvalue weighted by molar-refractivity contribution is 7.89. The van der Waals surface area contributed by atoms with Crippen LogP contribution in [-0.2, 0) is 10.0 Å². The van der Waals surface area contributed by atoms with Crippen molar-refractivity contribution in [3.63, 3.8) is 0 Å². The molecule has 0 saturated carbocycles.